The minimum Gasteiger partial charge on any atom is -0.496 e. The van der Waals surface area contributed by atoms with E-state index in [1.807, 2.05) is 36.4 Å². The second-order valence-corrected chi connectivity index (χ2v) is 6.89. The van der Waals surface area contributed by atoms with Crippen LogP contribution in [0, 0.1) is 0 Å². The normalized spacial score (nSPS) is 13.0. The van der Waals surface area contributed by atoms with Crippen LogP contribution in [0.25, 0.3) is 0 Å². The number of carbonyl (C=O) groups excluding carboxylic acids is 2. The van der Waals surface area contributed by atoms with Crippen molar-refractivity contribution < 1.29 is 14.3 Å². The summed E-state index contributed by atoms with van der Waals surface area (Å²) in [7, 11) is 1.60. The summed E-state index contributed by atoms with van der Waals surface area (Å²) in [6.07, 6.45) is 2.06. The van der Waals surface area contributed by atoms with Crippen molar-refractivity contribution in [2.24, 2.45) is 0 Å². The molecule has 0 saturated heterocycles. The van der Waals surface area contributed by atoms with Crippen LogP contribution in [0.5, 0.6) is 5.75 Å². The molecule has 2 amide bonds. The van der Waals surface area contributed by atoms with Gasteiger partial charge in [-0.2, -0.15) is 0 Å². The van der Waals surface area contributed by atoms with E-state index in [0.717, 1.165) is 27.8 Å². The Hall–Kier alpha value is -2.54. The number of methoxy groups -OCH3 is 1. The van der Waals surface area contributed by atoms with Gasteiger partial charge in [-0.3, -0.25) is 9.59 Å². The first-order valence-electron chi connectivity index (χ1n) is 8.46. The van der Waals surface area contributed by atoms with E-state index in [9.17, 15) is 9.59 Å². The van der Waals surface area contributed by atoms with Gasteiger partial charge in [-0.05, 0) is 18.2 Å². The Balaban J connectivity index is 1.51. The minimum absolute atomic E-state index is 0.0491. The summed E-state index contributed by atoms with van der Waals surface area (Å²) in [6, 6.07) is 11.3. The summed E-state index contributed by atoms with van der Waals surface area (Å²) in [4.78, 5) is 30.7. The molecule has 0 saturated carbocycles. The van der Waals surface area contributed by atoms with E-state index in [0.29, 0.717) is 13.1 Å². The first-order valence-corrected chi connectivity index (χ1v) is 9.44. The third kappa shape index (κ3) is 4.35. The average molecular weight is 371 g/mol. The number of ether oxygens (including phenoxy) is 1. The number of pyridine rings is 1. The van der Waals surface area contributed by atoms with Crippen LogP contribution in [-0.4, -0.2) is 36.2 Å². The summed E-state index contributed by atoms with van der Waals surface area (Å²) >= 11 is 1.65. The van der Waals surface area contributed by atoms with E-state index in [2.05, 4.69) is 10.3 Å². The fourth-order valence-electron chi connectivity index (χ4n) is 2.80. The van der Waals surface area contributed by atoms with Crippen molar-refractivity contribution in [1.29, 1.82) is 0 Å². The van der Waals surface area contributed by atoms with Gasteiger partial charge in [0.15, 0.2) is 0 Å². The highest BCUT2D eigenvalue weighted by Gasteiger charge is 2.23. The molecule has 0 unspecified atom stereocenters. The molecule has 1 N–H and O–H groups in total. The number of rotatable bonds is 6. The molecule has 0 fully saturated rings. The lowest BCUT2D eigenvalue weighted by Gasteiger charge is -2.28. The van der Waals surface area contributed by atoms with Gasteiger partial charge >= 0.3 is 0 Å². The molecule has 0 atom stereocenters. The smallest absolute Gasteiger partial charge is 0.227 e. The molecule has 1 aromatic carbocycles. The van der Waals surface area contributed by atoms with Crippen molar-refractivity contribution in [2.45, 2.75) is 24.4 Å². The number of thioether (sulfide) groups is 1. The van der Waals surface area contributed by atoms with Gasteiger partial charge < -0.3 is 15.0 Å². The molecule has 7 heteroatoms. The molecule has 26 heavy (non-hydrogen) atoms. The highest BCUT2D eigenvalue weighted by molar-refractivity contribution is 7.99. The zero-order valence-electron chi connectivity index (χ0n) is 14.6. The Morgan fingerprint density at radius 1 is 1.23 bits per heavy atom. The van der Waals surface area contributed by atoms with Crippen molar-refractivity contribution in [2.75, 3.05) is 24.3 Å². The van der Waals surface area contributed by atoms with Crippen LogP contribution < -0.4 is 15.0 Å². The fourth-order valence-corrected chi connectivity index (χ4v) is 3.73. The van der Waals surface area contributed by atoms with E-state index in [1.54, 1.807) is 30.0 Å². The van der Waals surface area contributed by atoms with Crippen LogP contribution in [0.2, 0.25) is 0 Å². The molecule has 0 radical (unpaired) electrons. The maximum absolute atomic E-state index is 12.5. The van der Waals surface area contributed by atoms with Gasteiger partial charge in [-0.1, -0.05) is 18.2 Å². The number of para-hydroxylation sites is 1. The number of amides is 2. The first-order chi connectivity index (χ1) is 12.7. The van der Waals surface area contributed by atoms with Gasteiger partial charge in [0, 0.05) is 43.4 Å². The highest BCUT2D eigenvalue weighted by Crippen LogP contribution is 2.32. The van der Waals surface area contributed by atoms with Crippen molar-refractivity contribution in [1.82, 2.24) is 10.3 Å². The summed E-state index contributed by atoms with van der Waals surface area (Å²) in [5.74, 6) is 1.35. The third-order valence-electron chi connectivity index (χ3n) is 4.13. The van der Waals surface area contributed by atoms with E-state index in [4.69, 9.17) is 4.74 Å². The van der Waals surface area contributed by atoms with Gasteiger partial charge in [-0.15, -0.1) is 11.8 Å². The SMILES string of the molecule is COc1ccccc1CNC(=O)CCC(=O)N1CCSc2ncccc21. The molecule has 136 valence electrons. The maximum atomic E-state index is 12.5. The van der Waals surface area contributed by atoms with Crippen molar-refractivity contribution in [3.63, 3.8) is 0 Å². The predicted molar refractivity (Wildman–Crippen MR) is 101 cm³/mol. The maximum Gasteiger partial charge on any atom is 0.227 e. The Morgan fingerprint density at radius 2 is 2.08 bits per heavy atom. The van der Waals surface area contributed by atoms with Crippen LogP contribution >= 0.6 is 11.8 Å². The number of hydrogen-bond acceptors (Lipinski definition) is 5. The fraction of sp³-hybridized carbons (Fsp3) is 0.316. The Bertz CT molecular complexity index is 797. The van der Waals surface area contributed by atoms with Gasteiger partial charge in [0.25, 0.3) is 0 Å². The number of benzene rings is 1. The number of aromatic nitrogens is 1. The minimum atomic E-state index is -0.151. The van der Waals surface area contributed by atoms with E-state index in [1.165, 1.54) is 0 Å². The first kappa shape index (κ1) is 18.3. The van der Waals surface area contributed by atoms with E-state index >= 15 is 0 Å². The number of nitrogens with zero attached hydrogens (tertiary/aromatic N) is 2. The lowest BCUT2D eigenvalue weighted by Crippen LogP contribution is -2.36. The largest absolute Gasteiger partial charge is 0.496 e. The van der Waals surface area contributed by atoms with Crippen LogP contribution in [0.4, 0.5) is 5.69 Å². The highest BCUT2D eigenvalue weighted by atomic mass is 32.2. The predicted octanol–water partition coefficient (Wildman–Crippen LogP) is 2.63. The Kier molecular flexibility index (Phi) is 6.12. The molecule has 3 rings (SSSR count). The van der Waals surface area contributed by atoms with Gasteiger partial charge in [-0.25, -0.2) is 4.98 Å². The number of anilines is 1. The molecule has 2 heterocycles. The average Bonchev–Trinajstić information content (AvgIpc) is 2.70. The zero-order valence-corrected chi connectivity index (χ0v) is 15.4. The molecule has 0 bridgehead atoms. The number of nitrogens with one attached hydrogen (secondary N) is 1. The number of hydrogen-bond donors (Lipinski definition) is 1. The van der Waals surface area contributed by atoms with Crippen LogP contribution in [0.3, 0.4) is 0 Å². The summed E-state index contributed by atoms with van der Waals surface area (Å²) in [5, 5.41) is 3.71. The lowest BCUT2D eigenvalue weighted by atomic mass is 10.2. The Labute approximate surface area is 156 Å². The summed E-state index contributed by atoms with van der Waals surface area (Å²) in [5.41, 5.74) is 1.74. The summed E-state index contributed by atoms with van der Waals surface area (Å²) in [6.45, 7) is 1.02. The van der Waals surface area contributed by atoms with Crippen LogP contribution in [0.1, 0.15) is 18.4 Å². The monoisotopic (exact) mass is 371 g/mol. The molecule has 1 aliphatic heterocycles. The molecule has 2 aromatic rings. The lowest BCUT2D eigenvalue weighted by molar-refractivity contribution is -0.125. The molecule has 1 aliphatic rings. The third-order valence-corrected chi connectivity index (χ3v) is 5.11. The molecule has 0 spiro atoms. The van der Waals surface area contributed by atoms with Crippen LogP contribution in [0.15, 0.2) is 47.6 Å². The van der Waals surface area contributed by atoms with Gasteiger partial charge in [0.05, 0.1) is 12.8 Å². The molecular weight excluding hydrogens is 350 g/mol. The van der Waals surface area contributed by atoms with E-state index < -0.39 is 0 Å². The molecule has 0 aliphatic carbocycles. The van der Waals surface area contributed by atoms with E-state index in [-0.39, 0.29) is 24.7 Å². The number of fused-ring (bicyclic) bond motifs is 1. The van der Waals surface area contributed by atoms with Gasteiger partial charge in [0.1, 0.15) is 10.8 Å². The Morgan fingerprint density at radius 3 is 2.92 bits per heavy atom. The standard InChI is InChI=1S/C19H21N3O3S/c1-25-16-7-3-2-5-14(16)13-21-17(23)8-9-18(24)22-11-12-26-19-15(22)6-4-10-20-19/h2-7,10H,8-9,11-13H2,1H3,(H,21,23). The molecule has 6 nitrogen and oxygen atoms in total. The van der Waals surface area contributed by atoms with Gasteiger partial charge in [0.2, 0.25) is 11.8 Å². The number of carbonyl (C=O) groups is 2. The zero-order chi connectivity index (χ0) is 18.4. The summed E-state index contributed by atoms with van der Waals surface area (Å²) < 4.78 is 5.27. The quantitative estimate of drug-likeness (QED) is 0.845. The molecular formula is C19H21N3O3S. The van der Waals surface area contributed by atoms with Crippen molar-refractivity contribution in [3.8, 4) is 5.75 Å². The van der Waals surface area contributed by atoms with Crippen molar-refractivity contribution in [3.05, 3.63) is 48.2 Å². The second kappa shape index (κ2) is 8.71. The van der Waals surface area contributed by atoms with Crippen LogP contribution in [-0.2, 0) is 16.1 Å². The second-order valence-electron chi connectivity index (χ2n) is 5.81. The topological polar surface area (TPSA) is 71.5 Å². The molecule has 1 aromatic heterocycles. The van der Waals surface area contributed by atoms with Crippen molar-refractivity contribution >= 4 is 29.3 Å².